The molecule has 0 aromatic carbocycles. The predicted octanol–water partition coefficient (Wildman–Crippen LogP) is -3.72. The smallest absolute Gasteiger partial charge is 0.162 e. The van der Waals surface area contributed by atoms with Crippen LogP contribution in [0.1, 0.15) is 27.2 Å². The van der Waals surface area contributed by atoms with Gasteiger partial charge in [-0.1, -0.05) is 0 Å². The molecule has 33 heavy (non-hydrogen) atoms. The Labute approximate surface area is 194 Å². The first kappa shape index (κ1) is 30.5. The van der Waals surface area contributed by atoms with Crippen LogP contribution in [-0.2, 0) is 19.0 Å². The van der Waals surface area contributed by atoms with Crippen molar-refractivity contribution in [2.45, 2.75) is 87.9 Å². The Morgan fingerprint density at radius 3 is 2.18 bits per heavy atom. The summed E-state index contributed by atoms with van der Waals surface area (Å²) in [6.45, 7) is 3.67. The molecule has 1 aliphatic rings. The van der Waals surface area contributed by atoms with Crippen LogP contribution < -0.4 is 5.73 Å². The van der Waals surface area contributed by atoms with Gasteiger partial charge in [-0.3, -0.25) is 4.84 Å². The number of nitrogens with two attached hydrogens (primary N) is 1. The predicted molar refractivity (Wildman–Crippen MR) is 115 cm³/mol. The highest BCUT2D eigenvalue weighted by atomic mass is 16.7. The Bertz CT molecular complexity index is 542. The third-order valence-corrected chi connectivity index (χ3v) is 5.67. The van der Waals surface area contributed by atoms with Crippen molar-refractivity contribution in [3.05, 3.63) is 0 Å². The molecule has 13 heteroatoms. The maximum absolute atomic E-state index is 10.4. The van der Waals surface area contributed by atoms with Gasteiger partial charge in [0.15, 0.2) is 6.23 Å². The second-order valence-corrected chi connectivity index (χ2v) is 8.69. The van der Waals surface area contributed by atoms with Gasteiger partial charge in [-0.15, -0.1) is 0 Å². The van der Waals surface area contributed by atoms with Crippen molar-refractivity contribution in [1.82, 2.24) is 5.06 Å². The van der Waals surface area contributed by atoms with Crippen LogP contribution >= 0.6 is 0 Å². The van der Waals surface area contributed by atoms with E-state index in [-0.39, 0.29) is 6.61 Å². The van der Waals surface area contributed by atoms with Crippen LogP contribution in [0, 0.1) is 0 Å². The zero-order chi connectivity index (χ0) is 25.3. The highest BCUT2D eigenvalue weighted by Gasteiger charge is 2.47. The fourth-order valence-corrected chi connectivity index (χ4v) is 3.57. The van der Waals surface area contributed by atoms with Crippen LogP contribution in [0.2, 0.25) is 0 Å². The Kier molecular flexibility index (Phi) is 13.1. The van der Waals surface area contributed by atoms with Crippen molar-refractivity contribution < 1.29 is 54.8 Å². The quantitative estimate of drug-likeness (QED) is 0.105. The molecule has 0 saturated carbocycles. The maximum atomic E-state index is 10.4. The van der Waals surface area contributed by atoms with E-state index in [4.69, 9.17) is 24.8 Å². The summed E-state index contributed by atoms with van der Waals surface area (Å²) >= 11 is 0. The molecule has 198 valence electrons. The maximum Gasteiger partial charge on any atom is 0.162 e. The SMILES string of the molecule is CON(CCCN)C1OC(COC(C)(C)C(OC(CO)[C@H](C)O)[C@@H](O)CO)C(O)C(O)C1O. The minimum Gasteiger partial charge on any atom is -0.394 e. The molecular formula is C20H42N2O11. The van der Waals surface area contributed by atoms with Gasteiger partial charge in [0.2, 0.25) is 0 Å². The molecule has 0 aromatic rings. The Morgan fingerprint density at radius 2 is 1.70 bits per heavy atom. The Hall–Kier alpha value is -0.520. The Balaban J connectivity index is 2.97. The number of rotatable bonds is 15. The van der Waals surface area contributed by atoms with Crippen LogP contribution in [0.4, 0.5) is 0 Å². The number of aliphatic hydroxyl groups excluding tert-OH is 7. The van der Waals surface area contributed by atoms with Gasteiger partial charge in [-0.2, -0.15) is 5.06 Å². The molecule has 0 amide bonds. The fraction of sp³-hybridized carbons (Fsp3) is 1.00. The summed E-state index contributed by atoms with van der Waals surface area (Å²) in [7, 11) is 1.37. The third kappa shape index (κ3) is 8.28. The van der Waals surface area contributed by atoms with Gasteiger partial charge >= 0.3 is 0 Å². The normalized spacial score (nSPS) is 30.3. The average Bonchev–Trinajstić information content (AvgIpc) is 2.78. The lowest BCUT2D eigenvalue weighted by Gasteiger charge is -2.45. The summed E-state index contributed by atoms with van der Waals surface area (Å²) in [5, 5.41) is 71.4. The van der Waals surface area contributed by atoms with E-state index in [1.165, 1.54) is 19.1 Å². The minimum absolute atomic E-state index is 0.292. The van der Waals surface area contributed by atoms with Crippen molar-refractivity contribution >= 4 is 0 Å². The molecule has 0 bridgehead atoms. The first-order valence-corrected chi connectivity index (χ1v) is 11.0. The van der Waals surface area contributed by atoms with Crippen LogP contribution in [0.15, 0.2) is 0 Å². The van der Waals surface area contributed by atoms with Crippen molar-refractivity contribution in [3.8, 4) is 0 Å². The molecule has 1 aliphatic heterocycles. The van der Waals surface area contributed by atoms with E-state index < -0.39 is 73.9 Å². The highest BCUT2D eigenvalue weighted by Crippen LogP contribution is 2.28. The van der Waals surface area contributed by atoms with Crippen molar-refractivity contribution in [2.75, 3.05) is 40.0 Å². The molecule has 1 fully saturated rings. The summed E-state index contributed by atoms with van der Waals surface area (Å²) < 4.78 is 17.3. The molecule has 7 unspecified atom stereocenters. The number of hydrogen-bond donors (Lipinski definition) is 8. The Morgan fingerprint density at radius 1 is 1.06 bits per heavy atom. The van der Waals surface area contributed by atoms with Gasteiger partial charge in [-0.25, -0.2) is 0 Å². The van der Waals surface area contributed by atoms with Crippen molar-refractivity contribution in [2.24, 2.45) is 5.73 Å². The number of hydroxylamine groups is 2. The molecule has 13 nitrogen and oxygen atoms in total. The largest absolute Gasteiger partial charge is 0.394 e. The molecule has 1 heterocycles. The zero-order valence-corrected chi connectivity index (χ0v) is 19.7. The first-order valence-electron chi connectivity index (χ1n) is 11.0. The van der Waals surface area contributed by atoms with E-state index >= 15 is 0 Å². The molecule has 9 atom stereocenters. The first-order chi connectivity index (χ1) is 15.4. The monoisotopic (exact) mass is 486 g/mol. The average molecular weight is 487 g/mol. The molecule has 0 radical (unpaired) electrons. The van der Waals surface area contributed by atoms with Crippen LogP contribution in [0.5, 0.6) is 0 Å². The van der Waals surface area contributed by atoms with Gasteiger partial charge in [-0.05, 0) is 33.7 Å². The van der Waals surface area contributed by atoms with E-state index in [1.807, 2.05) is 0 Å². The number of aliphatic hydroxyl groups is 7. The molecule has 0 aromatic heterocycles. The second kappa shape index (κ2) is 14.1. The zero-order valence-electron chi connectivity index (χ0n) is 19.7. The molecule has 0 spiro atoms. The van der Waals surface area contributed by atoms with E-state index in [0.717, 1.165) is 0 Å². The second-order valence-electron chi connectivity index (χ2n) is 8.69. The summed E-state index contributed by atoms with van der Waals surface area (Å²) in [5.41, 5.74) is 4.22. The minimum atomic E-state index is -1.56. The highest BCUT2D eigenvalue weighted by molar-refractivity contribution is 4.93. The number of nitrogens with zero attached hydrogens (tertiary/aromatic N) is 1. The summed E-state index contributed by atoms with van der Waals surface area (Å²) in [5.74, 6) is 0. The van der Waals surface area contributed by atoms with E-state index in [1.54, 1.807) is 13.8 Å². The topological polar surface area (TPSA) is 208 Å². The lowest BCUT2D eigenvalue weighted by molar-refractivity contribution is -0.333. The summed E-state index contributed by atoms with van der Waals surface area (Å²) in [6, 6.07) is 0. The lowest BCUT2D eigenvalue weighted by Crippen LogP contribution is -2.64. The molecule has 0 aliphatic carbocycles. The van der Waals surface area contributed by atoms with E-state index in [2.05, 4.69) is 0 Å². The lowest BCUT2D eigenvalue weighted by atomic mass is 9.95. The van der Waals surface area contributed by atoms with Crippen LogP contribution in [0.25, 0.3) is 0 Å². The van der Waals surface area contributed by atoms with Crippen molar-refractivity contribution in [1.29, 1.82) is 0 Å². The van der Waals surface area contributed by atoms with Gasteiger partial charge in [0.05, 0.1) is 38.6 Å². The fourth-order valence-electron chi connectivity index (χ4n) is 3.57. The van der Waals surface area contributed by atoms with Crippen molar-refractivity contribution in [3.63, 3.8) is 0 Å². The molecule has 9 N–H and O–H groups in total. The van der Waals surface area contributed by atoms with E-state index in [0.29, 0.717) is 19.5 Å². The van der Waals surface area contributed by atoms with Gasteiger partial charge in [0.1, 0.15) is 42.7 Å². The summed E-state index contributed by atoms with van der Waals surface area (Å²) in [6.07, 6.45) is -10.9. The number of ether oxygens (including phenoxy) is 3. The standard InChI is InChI=1S/C20H42N2O11/c1-11(25)13(9-24)32-18(12(26)8-23)20(2,3)31-10-14-15(27)16(28)17(29)19(33-14)22(30-4)7-5-6-21/h11-19,23-29H,5-10,21H2,1-4H3/t11-,12-,13?,14?,15?,16?,17?,18?,19?/m0/s1. The van der Waals surface area contributed by atoms with Crippen LogP contribution in [-0.4, -0.2) is 141 Å². The third-order valence-electron chi connectivity index (χ3n) is 5.67. The summed E-state index contributed by atoms with van der Waals surface area (Å²) in [4.78, 5) is 5.23. The van der Waals surface area contributed by atoms with Gasteiger partial charge in [0, 0.05) is 6.54 Å². The van der Waals surface area contributed by atoms with Gasteiger partial charge in [0.25, 0.3) is 0 Å². The van der Waals surface area contributed by atoms with Crippen LogP contribution in [0.3, 0.4) is 0 Å². The number of hydrogen-bond acceptors (Lipinski definition) is 13. The molecule has 1 saturated heterocycles. The molecule has 1 rings (SSSR count). The van der Waals surface area contributed by atoms with Gasteiger partial charge < -0.3 is 55.7 Å². The molecular weight excluding hydrogens is 444 g/mol. The van der Waals surface area contributed by atoms with E-state index in [9.17, 15) is 35.7 Å².